The first-order chi connectivity index (χ1) is 10.1. The molecule has 0 aliphatic carbocycles. The molecule has 2 aromatic rings. The predicted molar refractivity (Wildman–Crippen MR) is 88.3 cm³/mol. The minimum Gasteiger partial charge on any atom is -0.492 e. The van der Waals surface area contributed by atoms with Gasteiger partial charge in [-0.05, 0) is 49.7 Å². The fourth-order valence-electron chi connectivity index (χ4n) is 1.93. The SMILES string of the molecule is CC(=O)c1ccccc1OCCSc1ccc(N)c(C)c1. The Balaban J connectivity index is 1.87. The molecule has 0 aromatic heterocycles. The number of ketones is 1. The minimum absolute atomic E-state index is 0.0208. The summed E-state index contributed by atoms with van der Waals surface area (Å²) in [6.45, 7) is 4.10. The van der Waals surface area contributed by atoms with Crippen LogP contribution in [0.2, 0.25) is 0 Å². The molecule has 0 unspecified atom stereocenters. The first kappa shape index (κ1) is 15.4. The second-order valence-electron chi connectivity index (χ2n) is 4.77. The number of hydrogen-bond acceptors (Lipinski definition) is 4. The maximum Gasteiger partial charge on any atom is 0.163 e. The van der Waals surface area contributed by atoms with Gasteiger partial charge >= 0.3 is 0 Å². The minimum atomic E-state index is 0.0208. The Bertz CT molecular complexity index is 640. The van der Waals surface area contributed by atoms with Gasteiger partial charge in [0.05, 0.1) is 12.2 Å². The van der Waals surface area contributed by atoms with E-state index in [0.717, 1.165) is 17.0 Å². The topological polar surface area (TPSA) is 52.3 Å². The molecule has 0 saturated carbocycles. The second kappa shape index (κ2) is 7.18. The number of hydrogen-bond donors (Lipinski definition) is 1. The molecule has 4 heteroatoms. The second-order valence-corrected chi connectivity index (χ2v) is 5.94. The molecule has 0 saturated heterocycles. The average Bonchev–Trinajstić information content (AvgIpc) is 2.47. The van der Waals surface area contributed by atoms with Crippen LogP contribution in [0.25, 0.3) is 0 Å². The van der Waals surface area contributed by atoms with Gasteiger partial charge in [-0.3, -0.25) is 4.79 Å². The molecule has 0 radical (unpaired) electrons. The largest absolute Gasteiger partial charge is 0.492 e. The summed E-state index contributed by atoms with van der Waals surface area (Å²) in [4.78, 5) is 12.7. The summed E-state index contributed by atoms with van der Waals surface area (Å²) in [5.74, 6) is 1.49. The molecule has 0 spiro atoms. The van der Waals surface area contributed by atoms with Crippen molar-refractivity contribution in [3.8, 4) is 5.75 Å². The van der Waals surface area contributed by atoms with Crippen LogP contribution in [0.15, 0.2) is 47.4 Å². The van der Waals surface area contributed by atoms with Gasteiger partial charge in [-0.15, -0.1) is 11.8 Å². The Morgan fingerprint density at radius 3 is 2.71 bits per heavy atom. The van der Waals surface area contributed by atoms with Crippen LogP contribution < -0.4 is 10.5 Å². The molecular formula is C17H19NO2S. The molecule has 0 bridgehead atoms. The molecule has 2 rings (SSSR count). The molecule has 3 nitrogen and oxygen atoms in total. The van der Waals surface area contributed by atoms with Gasteiger partial charge in [0.25, 0.3) is 0 Å². The normalized spacial score (nSPS) is 10.4. The van der Waals surface area contributed by atoms with Crippen LogP contribution in [-0.2, 0) is 0 Å². The summed E-state index contributed by atoms with van der Waals surface area (Å²) in [5, 5.41) is 0. The van der Waals surface area contributed by atoms with E-state index in [0.29, 0.717) is 17.9 Å². The molecule has 2 aromatic carbocycles. The molecule has 0 fully saturated rings. The lowest BCUT2D eigenvalue weighted by Gasteiger charge is -2.10. The van der Waals surface area contributed by atoms with E-state index in [1.165, 1.54) is 4.90 Å². The quantitative estimate of drug-likeness (QED) is 0.380. The monoisotopic (exact) mass is 301 g/mol. The van der Waals surface area contributed by atoms with Crippen molar-refractivity contribution in [2.45, 2.75) is 18.7 Å². The van der Waals surface area contributed by atoms with Crippen molar-refractivity contribution in [3.63, 3.8) is 0 Å². The van der Waals surface area contributed by atoms with E-state index in [2.05, 4.69) is 6.07 Å². The van der Waals surface area contributed by atoms with Gasteiger partial charge in [-0.25, -0.2) is 0 Å². The zero-order valence-corrected chi connectivity index (χ0v) is 13.1. The molecule has 110 valence electrons. The van der Waals surface area contributed by atoms with Gasteiger partial charge in [0.15, 0.2) is 5.78 Å². The van der Waals surface area contributed by atoms with Gasteiger partial charge in [0, 0.05) is 16.3 Å². The lowest BCUT2D eigenvalue weighted by atomic mass is 10.1. The summed E-state index contributed by atoms with van der Waals surface area (Å²) in [5.41, 5.74) is 8.33. The summed E-state index contributed by atoms with van der Waals surface area (Å²) in [7, 11) is 0. The standard InChI is InChI=1S/C17H19NO2S/c1-12-11-14(7-8-16(12)18)21-10-9-20-17-6-4-3-5-15(17)13(2)19/h3-8,11H,9-10,18H2,1-2H3. The smallest absolute Gasteiger partial charge is 0.163 e. The Morgan fingerprint density at radius 1 is 1.24 bits per heavy atom. The number of aryl methyl sites for hydroxylation is 1. The van der Waals surface area contributed by atoms with E-state index in [1.54, 1.807) is 24.8 Å². The highest BCUT2D eigenvalue weighted by atomic mass is 32.2. The number of nitrogens with two attached hydrogens (primary N) is 1. The highest BCUT2D eigenvalue weighted by Crippen LogP contribution is 2.23. The van der Waals surface area contributed by atoms with Gasteiger partial charge in [0.2, 0.25) is 0 Å². The first-order valence-electron chi connectivity index (χ1n) is 6.79. The Hall–Kier alpha value is -1.94. The number of anilines is 1. The molecule has 0 atom stereocenters. The van der Waals surface area contributed by atoms with E-state index in [9.17, 15) is 4.79 Å². The Morgan fingerprint density at radius 2 is 2.00 bits per heavy atom. The number of carbonyl (C=O) groups is 1. The molecule has 0 amide bonds. The van der Waals surface area contributed by atoms with Gasteiger partial charge in [-0.2, -0.15) is 0 Å². The van der Waals surface area contributed by atoms with Crippen LogP contribution in [0.1, 0.15) is 22.8 Å². The van der Waals surface area contributed by atoms with Crippen LogP contribution in [0, 0.1) is 6.92 Å². The summed E-state index contributed by atoms with van der Waals surface area (Å²) < 4.78 is 5.71. The van der Waals surface area contributed by atoms with Crippen molar-refractivity contribution in [1.29, 1.82) is 0 Å². The lowest BCUT2D eigenvalue weighted by Crippen LogP contribution is -2.04. The van der Waals surface area contributed by atoms with Crippen LogP contribution in [-0.4, -0.2) is 18.1 Å². The Kier molecular flexibility index (Phi) is 5.28. The average molecular weight is 301 g/mol. The van der Waals surface area contributed by atoms with Crippen molar-refractivity contribution in [3.05, 3.63) is 53.6 Å². The molecule has 0 heterocycles. The van der Waals surface area contributed by atoms with E-state index < -0.39 is 0 Å². The third kappa shape index (κ3) is 4.26. The lowest BCUT2D eigenvalue weighted by molar-refractivity contribution is 0.101. The third-order valence-corrected chi connectivity index (χ3v) is 4.08. The van der Waals surface area contributed by atoms with Crippen molar-refractivity contribution < 1.29 is 9.53 Å². The number of benzene rings is 2. The molecule has 0 aliphatic rings. The maximum atomic E-state index is 11.5. The van der Waals surface area contributed by atoms with E-state index in [4.69, 9.17) is 10.5 Å². The number of para-hydroxylation sites is 1. The summed E-state index contributed by atoms with van der Waals surface area (Å²) in [6, 6.07) is 13.3. The van der Waals surface area contributed by atoms with Crippen molar-refractivity contribution in [2.24, 2.45) is 0 Å². The van der Waals surface area contributed by atoms with E-state index >= 15 is 0 Å². The number of nitrogen functional groups attached to an aromatic ring is 1. The number of carbonyl (C=O) groups excluding carboxylic acids is 1. The van der Waals surface area contributed by atoms with Gasteiger partial charge in [0.1, 0.15) is 5.75 Å². The number of Topliss-reactive ketones (excluding diaryl/α,β-unsaturated/α-hetero) is 1. The van der Waals surface area contributed by atoms with Crippen molar-refractivity contribution >= 4 is 23.2 Å². The van der Waals surface area contributed by atoms with Crippen LogP contribution in [0.3, 0.4) is 0 Å². The van der Waals surface area contributed by atoms with Gasteiger partial charge in [-0.1, -0.05) is 12.1 Å². The highest BCUT2D eigenvalue weighted by molar-refractivity contribution is 7.99. The van der Waals surface area contributed by atoms with Gasteiger partial charge < -0.3 is 10.5 Å². The summed E-state index contributed by atoms with van der Waals surface area (Å²) in [6.07, 6.45) is 0. The predicted octanol–water partition coefficient (Wildman–Crippen LogP) is 3.95. The maximum absolute atomic E-state index is 11.5. The molecular weight excluding hydrogens is 282 g/mol. The van der Waals surface area contributed by atoms with Crippen LogP contribution in [0.4, 0.5) is 5.69 Å². The fourth-order valence-corrected chi connectivity index (χ4v) is 2.76. The zero-order chi connectivity index (χ0) is 15.2. The van der Waals surface area contributed by atoms with Crippen LogP contribution in [0.5, 0.6) is 5.75 Å². The van der Waals surface area contributed by atoms with E-state index in [-0.39, 0.29) is 5.78 Å². The van der Waals surface area contributed by atoms with Crippen LogP contribution >= 0.6 is 11.8 Å². The zero-order valence-electron chi connectivity index (χ0n) is 12.3. The molecule has 2 N–H and O–H groups in total. The van der Waals surface area contributed by atoms with Crippen molar-refractivity contribution in [1.82, 2.24) is 0 Å². The number of thioether (sulfide) groups is 1. The third-order valence-electron chi connectivity index (χ3n) is 3.12. The molecule has 21 heavy (non-hydrogen) atoms. The summed E-state index contributed by atoms with van der Waals surface area (Å²) >= 11 is 1.71. The molecule has 0 aliphatic heterocycles. The van der Waals surface area contributed by atoms with Crippen molar-refractivity contribution in [2.75, 3.05) is 18.1 Å². The number of ether oxygens (including phenoxy) is 1. The fraction of sp³-hybridized carbons (Fsp3) is 0.235. The first-order valence-corrected chi connectivity index (χ1v) is 7.78. The highest BCUT2D eigenvalue weighted by Gasteiger charge is 2.07. The number of rotatable bonds is 6. The Labute approximate surface area is 129 Å². The van der Waals surface area contributed by atoms with E-state index in [1.807, 2.05) is 37.3 Å².